The summed E-state index contributed by atoms with van der Waals surface area (Å²) in [5, 5.41) is 3.25. The van der Waals surface area contributed by atoms with E-state index in [-0.39, 0.29) is 0 Å². The first-order chi connectivity index (χ1) is 9.24. The molecule has 0 radical (unpaired) electrons. The zero-order valence-corrected chi connectivity index (χ0v) is 11.1. The minimum Gasteiger partial charge on any atom is -0.481 e. The molecule has 0 atom stereocenters. The van der Waals surface area contributed by atoms with Crippen LogP contribution in [-0.4, -0.2) is 22.1 Å². The molecular weight excluding hydrogens is 240 g/mol. The van der Waals surface area contributed by atoms with Gasteiger partial charge in [-0.15, -0.1) is 0 Å². The van der Waals surface area contributed by atoms with Crippen molar-refractivity contribution in [2.24, 2.45) is 0 Å². The van der Waals surface area contributed by atoms with E-state index in [1.807, 2.05) is 25.1 Å². The van der Waals surface area contributed by atoms with E-state index in [4.69, 9.17) is 4.74 Å². The lowest BCUT2D eigenvalue weighted by Gasteiger charge is -2.08. The Morgan fingerprint density at radius 2 is 2.11 bits per heavy atom. The van der Waals surface area contributed by atoms with E-state index in [2.05, 4.69) is 20.3 Å². The third-order valence-electron chi connectivity index (χ3n) is 3.03. The molecule has 5 heteroatoms. The van der Waals surface area contributed by atoms with Crippen LogP contribution in [0.5, 0.6) is 5.88 Å². The van der Waals surface area contributed by atoms with Gasteiger partial charge in [0.1, 0.15) is 11.6 Å². The molecule has 2 aromatic rings. The lowest BCUT2D eigenvalue weighted by Crippen LogP contribution is -2.01. The van der Waals surface area contributed by atoms with Crippen LogP contribution in [0, 0.1) is 6.92 Å². The fourth-order valence-electron chi connectivity index (χ4n) is 1.90. The van der Waals surface area contributed by atoms with Crippen LogP contribution in [0.4, 0.5) is 11.5 Å². The third kappa shape index (κ3) is 2.81. The quantitative estimate of drug-likeness (QED) is 0.911. The van der Waals surface area contributed by atoms with Crippen molar-refractivity contribution in [3.8, 4) is 5.88 Å². The van der Waals surface area contributed by atoms with Crippen molar-refractivity contribution in [2.75, 3.05) is 12.4 Å². The highest BCUT2D eigenvalue weighted by Crippen LogP contribution is 2.38. The van der Waals surface area contributed by atoms with Crippen molar-refractivity contribution in [3.63, 3.8) is 0 Å². The maximum Gasteiger partial charge on any atom is 0.213 e. The summed E-state index contributed by atoms with van der Waals surface area (Å²) >= 11 is 0. The van der Waals surface area contributed by atoms with Crippen molar-refractivity contribution >= 4 is 11.5 Å². The second-order valence-corrected chi connectivity index (χ2v) is 4.74. The molecule has 0 aliphatic heterocycles. The molecular formula is C14H16N4O. The first kappa shape index (κ1) is 11.9. The Morgan fingerprint density at radius 3 is 2.74 bits per heavy atom. The number of rotatable bonds is 4. The van der Waals surface area contributed by atoms with Crippen LogP contribution in [-0.2, 0) is 0 Å². The molecule has 2 aromatic heterocycles. The highest BCUT2D eigenvalue weighted by atomic mass is 16.5. The van der Waals surface area contributed by atoms with Crippen molar-refractivity contribution in [3.05, 3.63) is 35.9 Å². The number of aromatic nitrogens is 3. The highest BCUT2D eigenvalue weighted by molar-refractivity contribution is 5.55. The third-order valence-corrected chi connectivity index (χ3v) is 3.03. The van der Waals surface area contributed by atoms with Gasteiger partial charge in [-0.05, 0) is 25.8 Å². The summed E-state index contributed by atoms with van der Waals surface area (Å²) in [6, 6.07) is 5.67. The van der Waals surface area contributed by atoms with Crippen LogP contribution in [0.3, 0.4) is 0 Å². The Kier molecular flexibility index (Phi) is 3.03. The number of nitrogens with zero attached hydrogens (tertiary/aromatic N) is 3. The molecule has 19 heavy (non-hydrogen) atoms. The summed E-state index contributed by atoms with van der Waals surface area (Å²) in [4.78, 5) is 13.2. The van der Waals surface area contributed by atoms with Crippen molar-refractivity contribution in [2.45, 2.75) is 25.7 Å². The van der Waals surface area contributed by atoms with Crippen LogP contribution in [0.1, 0.15) is 30.3 Å². The molecule has 1 N–H and O–H groups in total. The van der Waals surface area contributed by atoms with Gasteiger partial charge in [0.2, 0.25) is 5.88 Å². The molecule has 0 unspecified atom stereocenters. The fourth-order valence-corrected chi connectivity index (χ4v) is 1.90. The molecule has 0 aromatic carbocycles. The van der Waals surface area contributed by atoms with Crippen molar-refractivity contribution in [1.82, 2.24) is 15.0 Å². The molecule has 2 heterocycles. The van der Waals surface area contributed by atoms with Gasteiger partial charge in [-0.2, -0.15) is 0 Å². The second kappa shape index (κ2) is 4.84. The summed E-state index contributed by atoms with van der Waals surface area (Å²) in [6.07, 6.45) is 4.13. The lowest BCUT2D eigenvalue weighted by molar-refractivity contribution is 0.398. The standard InChI is InChI=1S/C14H16N4O/c1-9-7-12(18-14(16-9)10-3-4-10)17-11-5-6-13(19-2)15-8-11/h5-8,10H,3-4H2,1-2H3,(H,16,17,18). The Labute approximate surface area is 112 Å². The Hall–Kier alpha value is -2.17. The van der Waals surface area contributed by atoms with Gasteiger partial charge in [-0.1, -0.05) is 0 Å². The van der Waals surface area contributed by atoms with E-state index in [9.17, 15) is 0 Å². The van der Waals surface area contributed by atoms with E-state index in [1.54, 1.807) is 13.3 Å². The number of nitrogens with one attached hydrogen (secondary N) is 1. The summed E-state index contributed by atoms with van der Waals surface area (Å²) in [6.45, 7) is 1.99. The molecule has 98 valence electrons. The maximum atomic E-state index is 5.03. The molecule has 5 nitrogen and oxygen atoms in total. The van der Waals surface area contributed by atoms with Gasteiger partial charge in [0.25, 0.3) is 0 Å². The first-order valence-electron chi connectivity index (χ1n) is 6.37. The molecule has 1 aliphatic rings. The Bertz CT molecular complexity index is 578. The minimum atomic E-state index is 0.550. The molecule has 0 spiro atoms. The molecule has 0 saturated heterocycles. The summed E-state index contributed by atoms with van der Waals surface area (Å²) in [5.74, 6) is 2.92. The van der Waals surface area contributed by atoms with Crippen LogP contribution in [0.15, 0.2) is 24.4 Å². The Morgan fingerprint density at radius 1 is 1.26 bits per heavy atom. The fraction of sp³-hybridized carbons (Fsp3) is 0.357. The van der Waals surface area contributed by atoms with Gasteiger partial charge in [0, 0.05) is 23.7 Å². The summed E-state index contributed by atoms with van der Waals surface area (Å²) in [7, 11) is 1.60. The topological polar surface area (TPSA) is 59.9 Å². The van der Waals surface area contributed by atoms with E-state index >= 15 is 0 Å². The number of methoxy groups -OCH3 is 1. The highest BCUT2D eigenvalue weighted by Gasteiger charge is 2.27. The van der Waals surface area contributed by atoms with Gasteiger partial charge in [0.05, 0.1) is 19.0 Å². The van der Waals surface area contributed by atoms with E-state index in [0.29, 0.717) is 11.8 Å². The summed E-state index contributed by atoms with van der Waals surface area (Å²) < 4.78 is 5.03. The molecule has 0 amide bonds. The predicted molar refractivity (Wildman–Crippen MR) is 72.8 cm³/mol. The van der Waals surface area contributed by atoms with Crippen LogP contribution in [0.2, 0.25) is 0 Å². The number of hydrogen-bond acceptors (Lipinski definition) is 5. The summed E-state index contributed by atoms with van der Waals surface area (Å²) in [5.41, 5.74) is 1.88. The largest absolute Gasteiger partial charge is 0.481 e. The molecule has 1 fully saturated rings. The molecule has 0 bridgehead atoms. The number of pyridine rings is 1. The van der Waals surface area contributed by atoms with Crippen molar-refractivity contribution in [1.29, 1.82) is 0 Å². The zero-order chi connectivity index (χ0) is 13.2. The van der Waals surface area contributed by atoms with E-state index < -0.39 is 0 Å². The van der Waals surface area contributed by atoms with Crippen molar-refractivity contribution < 1.29 is 4.74 Å². The zero-order valence-electron chi connectivity index (χ0n) is 11.1. The monoisotopic (exact) mass is 256 g/mol. The molecule has 1 saturated carbocycles. The minimum absolute atomic E-state index is 0.550. The van der Waals surface area contributed by atoms with Gasteiger partial charge >= 0.3 is 0 Å². The number of ether oxygens (including phenoxy) is 1. The first-order valence-corrected chi connectivity index (χ1v) is 6.37. The van der Waals surface area contributed by atoms with Crippen LogP contribution in [0.25, 0.3) is 0 Å². The van der Waals surface area contributed by atoms with Gasteiger partial charge < -0.3 is 10.1 Å². The molecule has 3 rings (SSSR count). The van der Waals surface area contributed by atoms with Gasteiger partial charge in [0.15, 0.2) is 0 Å². The number of aryl methyl sites for hydroxylation is 1. The van der Waals surface area contributed by atoms with Gasteiger partial charge in [-0.3, -0.25) is 0 Å². The maximum absolute atomic E-state index is 5.03. The van der Waals surface area contributed by atoms with Crippen LogP contribution >= 0.6 is 0 Å². The predicted octanol–water partition coefficient (Wildman–Crippen LogP) is 2.81. The van der Waals surface area contributed by atoms with Gasteiger partial charge in [-0.25, -0.2) is 15.0 Å². The SMILES string of the molecule is COc1ccc(Nc2cc(C)nc(C3CC3)n2)cn1. The average Bonchev–Trinajstić information content (AvgIpc) is 3.23. The van der Waals surface area contributed by atoms with E-state index in [1.165, 1.54) is 12.8 Å². The average molecular weight is 256 g/mol. The smallest absolute Gasteiger partial charge is 0.213 e. The number of anilines is 2. The normalized spacial score (nSPS) is 14.2. The lowest BCUT2D eigenvalue weighted by atomic mass is 10.3. The van der Waals surface area contributed by atoms with Crippen LogP contribution < -0.4 is 10.1 Å². The second-order valence-electron chi connectivity index (χ2n) is 4.74. The Balaban J connectivity index is 1.81. The van der Waals surface area contributed by atoms with E-state index in [0.717, 1.165) is 23.0 Å². The number of hydrogen-bond donors (Lipinski definition) is 1. The molecule has 1 aliphatic carbocycles.